The zero-order valence-corrected chi connectivity index (χ0v) is 14.3. The van der Waals surface area contributed by atoms with Crippen LogP contribution >= 0.6 is 0 Å². The van der Waals surface area contributed by atoms with Gasteiger partial charge in [-0.25, -0.2) is 0 Å². The number of aromatic nitrogens is 2. The lowest BCUT2D eigenvalue weighted by Crippen LogP contribution is -2.22. The summed E-state index contributed by atoms with van der Waals surface area (Å²) in [7, 11) is 2.04. The molecule has 0 saturated heterocycles. The zero-order valence-electron chi connectivity index (χ0n) is 14.3. The van der Waals surface area contributed by atoms with E-state index in [2.05, 4.69) is 41.1 Å². The molecule has 0 saturated carbocycles. The van der Waals surface area contributed by atoms with E-state index in [-0.39, 0.29) is 16.0 Å². The molecule has 1 aliphatic rings. The summed E-state index contributed by atoms with van der Waals surface area (Å²) in [6, 6.07) is 13.0. The predicted octanol–water partition coefficient (Wildman–Crippen LogP) is 4.24. The maximum absolute atomic E-state index is 11.1. The molecule has 126 valence electrons. The van der Waals surface area contributed by atoms with Crippen LogP contribution in [0.3, 0.4) is 0 Å². The molecule has 2 heterocycles. The number of anilines is 1. The van der Waals surface area contributed by atoms with E-state index in [1.54, 1.807) is 12.1 Å². The van der Waals surface area contributed by atoms with Crippen molar-refractivity contribution in [1.82, 2.24) is 10.2 Å². The zero-order chi connectivity index (χ0) is 17.8. The number of H-pyrrole nitrogens is 1. The maximum atomic E-state index is 11.1. The van der Waals surface area contributed by atoms with Crippen LogP contribution in [0.4, 0.5) is 11.4 Å². The van der Waals surface area contributed by atoms with Crippen molar-refractivity contribution in [3.05, 3.63) is 69.5 Å². The summed E-state index contributed by atoms with van der Waals surface area (Å²) >= 11 is 0. The van der Waals surface area contributed by atoms with Crippen molar-refractivity contribution in [2.45, 2.75) is 19.3 Å². The van der Waals surface area contributed by atoms with Gasteiger partial charge in [-0.3, -0.25) is 15.2 Å². The molecule has 1 aromatic heterocycles. The van der Waals surface area contributed by atoms with Crippen LogP contribution in [0.5, 0.6) is 0 Å². The van der Waals surface area contributed by atoms with Crippen molar-refractivity contribution < 1.29 is 4.92 Å². The third-order valence-electron chi connectivity index (χ3n) is 5.00. The normalized spacial score (nSPS) is 17.2. The topological polar surface area (TPSA) is 75.1 Å². The Balaban J connectivity index is 1.88. The molecule has 2 aromatic carbocycles. The van der Waals surface area contributed by atoms with Crippen LogP contribution in [0, 0.1) is 10.1 Å². The Hall–Kier alpha value is -3.15. The molecule has 0 atom stereocenters. The molecule has 0 radical (unpaired) electrons. The fourth-order valence-electron chi connectivity index (χ4n) is 3.64. The second-order valence-corrected chi connectivity index (χ2v) is 6.83. The number of para-hydroxylation sites is 1. The third-order valence-corrected chi connectivity index (χ3v) is 5.00. The van der Waals surface area contributed by atoms with Crippen molar-refractivity contribution >= 4 is 28.4 Å². The van der Waals surface area contributed by atoms with E-state index in [0.29, 0.717) is 5.52 Å². The van der Waals surface area contributed by atoms with Gasteiger partial charge in [0.15, 0.2) is 0 Å². The van der Waals surface area contributed by atoms with Crippen LogP contribution in [-0.2, 0) is 5.41 Å². The highest BCUT2D eigenvalue weighted by Gasteiger charge is 2.38. The molecule has 0 aliphatic carbocycles. The minimum absolute atomic E-state index is 0.0656. The summed E-state index contributed by atoms with van der Waals surface area (Å²) in [5.74, 6) is 0. The van der Waals surface area contributed by atoms with Crippen molar-refractivity contribution in [3.63, 3.8) is 0 Å². The Bertz CT molecular complexity index is 1030. The molecule has 0 amide bonds. The van der Waals surface area contributed by atoms with Crippen molar-refractivity contribution in [3.8, 4) is 0 Å². The van der Waals surface area contributed by atoms with Gasteiger partial charge in [0.05, 0.1) is 16.1 Å². The first-order valence-corrected chi connectivity index (χ1v) is 8.07. The van der Waals surface area contributed by atoms with Gasteiger partial charge in [0.1, 0.15) is 0 Å². The van der Waals surface area contributed by atoms with E-state index in [4.69, 9.17) is 0 Å². The minimum Gasteiger partial charge on any atom is -0.347 e. The van der Waals surface area contributed by atoms with Gasteiger partial charge in [-0.05, 0) is 23.8 Å². The second-order valence-electron chi connectivity index (χ2n) is 6.83. The fraction of sp³-hybridized carbons (Fsp3) is 0.211. The monoisotopic (exact) mass is 334 g/mol. The summed E-state index contributed by atoms with van der Waals surface area (Å²) in [4.78, 5) is 12.9. The predicted molar refractivity (Wildman–Crippen MR) is 98.6 cm³/mol. The molecule has 0 fully saturated rings. The Morgan fingerprint density at radius 3 is 2.72 bits per heavy atom. The number of fused-ring (bicyclic) bond motifs is 2. The molecule has 0 bridgehead atoms. The molecule has 25 heavy (non-hydrogen) atoms. The number of nitrogens with one attached hydrogen (secondary N) is 1. The lowest BCUT2D eigenvalue weighted by molar-refractivity contribution is -0.384. The number of non-ortho nitro benzene ring substituents is 1. The average molecular weight is 334 g/mol. The van der Waals surface area contributed by atoms with E-state index in [1.807, 2.05) is 25.3 Å². The van der Waals surface area contributed by atoms with Gasteiger partial charge in [0.25, 0.3) is 5.69 Å². The quantitative estimate of drug-likeness (QED) is 0.562. The van der Waals surface area contributed by atoms with E-state index in [0.717, 1.165) is 16.8 Å². The standard InChI is InChI=1S/C19H18N4O2/c1-19(2)14-6-4-5-7-17(14)22(3)18(19)11-16-13-10-12(23(24)25)8-9-15(13)20-21-16/h4-11H,1-3H3,(H,20,21). The van der Waals surface area contributed by atoms with Gasteiger partial charge in [-0.2, -0.15) is 5.10 Å². The summed E-state index contributed by atoms with van der Waals surface area (Å²) < 4.78 is 0. The fourth-order valence-corrected chi connectivity index (χ4v) is 3.64. The SMILES string of the molecule is CN1C(=Cc2[nH]nc3ccc([N+](=O)[O-])cc23)C(C)(C)c2ccccc21. The Morgan fingerprint density at radius 2 is 2.00 bits per heavy atom. The summed E-state index contributed by atoms with van der Waals surface area (Å²) in [5, 5.41) is 19.1. The van der Waals surface area contributed by atoms with E-state index >= 15 is 0 Å². The lowest BCUT2D eigenvalue weighted by atomic mass is 9.83. The number of hydrogen-bond donors (Lipinski definition) is 1. The first kappa shape index (κ1) is 15.4. The van der Waals surface area contributed by atoms with Gasteiger partial charge in [-0.15, -0.1) is 0 Å². The largest absolute Gasteiger partial charge is 0.347 e. The first-order chi connectivity index (χ1) is 11.9. The molecule has 0 spiro atoms. The van der Waals surface area contributed by atoms with Crippen molar-refractivity contribution in [2.24, 2.45) is 0 Å². The van der Waals surface area contributed by atoms with Crippen LogP contribution in [0.1, 0.15) is 25.1 Å². The molecule has 3 aromatic rings. The van der Waals surface area contributed by atoms with Crippen LogP contribution in [0.15, 0.2) is 48.2 Å². The Morgan fingerprint density at radius 1 is 1.24 bits per heavy atom. The number of nitro groups is 1. The highest BCUT2D eigenvalue weighted by molar-refractivity contribution is 5.90. The highest BCUT2D eigenvalue weighted by Crippen LogP contribution is 2.47. The number of aromatic amines is 1. The molecular formula is C19H18N4O2. The van der Waals surface area contributed by atoms with Crippen molar-refractivity contribution in [1.29, 1.82) is 0 Å². The number of rotatable bonds is 2. The number of nitrogens with zero attached hydrogens (tertiary/aromatic N) is 3. The van der Waals surface area contributed by atoms with E-state index in [9.17, 15) is 10.1 Å². The minimum atomic E-state index is -0.384. The number of likely N-dealkylation sites (N-methyl/N-ethyl adjacent to an activating group) is 1. The number of nitro benzene ring substituents is 1. The van der Waals surface area contributed by atoms with Gasteiger partial charge in [0, 0.05) is 41.4 Å². The third kappa shape index (κ3) is 2.21. The van der Waals surface area contributed by atoms with Gasteiger partial charge in [0.2, 0.25) is 0 Å². The van der Waals surface area contributed by atoms with E-state index in [1.165, 1.54) is 17.3 Å². The molecule has 6 nitrogen and oxygen atoms in total. The van der Waals surface area contributed by atoms with Crippen molar-refractivity contribution in [2.75, 3.05) is 11.9 Å². The van der Waals surface area contributed by atoms with Crippen LogP contribution < -0.4 is 4.90 Å². The highest BCUT2D eigenvalue weighted by atomic mass is 16.6. The van der Waals surface area contributed by atoms with Crippen LogP contribution in [0.2, 0.25) is 0 Å². The molecule has 1 N–H and O–H groups in total. The summed E-state index contributed by atoms with van der Waals surface area (Å²) in [5.41, 5.74) is 4.95. The molecule has 0 unspecified atom stereocenters. The van der Waals surface area contributed by atoms with E-state index < -0.39 is 0 Å². The van der Waals surface area contributed by atoms with Crippen LogP contribution in [0.25, 0.3) is 17.0 Å². The molecule has 6 heteroatoms. The smallest absolute Gasteiger partial charge is 0.270 e. The number of allylic oxidation sites excluding steroid dienone is 1. The number of benzene rings is 2. The summed E-state index contributed by atoms with van der Waals surface area (Å²) in [6.45, 7) is 4.37. The molecular weight excluding hydrogens is 316 g/mol. The number of hydrogen-bond acceptors (Lipinski definition) is 4. The Kier molecular flexibility index (Phi) is 3.18. The molecule has 4 rings (SSSR count). The summed E-state index contributed by atoms with van der Waals surface area (Å²) in [6.07, 6.45) is 2.04. The maximum Gasteiger partial charge on any atom is 0.270 e. The Labute approximate surface area is 144 Å². The molecule has 1 aliphatic heterocycles. The first-order valence-electron chi connectivity index (χ1n) is 8.07. The van der Waals surface area contributed by atoms with Gasteiger partial charge in [-0.1, -0.05) is 32.0 Å². The van der Waals surface area contributed by atoms with Gasteiger partial charge < -0.3 is 4.90 Å². The lowest BCUT2D eigenvalue weighted by Gasteiger charge is -2.24. The van der Waals surface area contributed by atoms with Crippen LogP contribution in [-0.4, -0.2) is 22.2 Å². The second kappa shape index (κ2) is 5.17. The average Bonchev–Trinajstić information content (AvgIpc) is 3.08. The van der Waals surface area contributed by atoms with Gasteiger partial charge >= 0.3 is 0 Å².